The van der Waals surface area contributed by atoms with Crippen LogP contribution in [0.3, 0.4) is 0 Å². The van der Waals surface area contributed by atoms with E-state index in [4.69, 9.17) is 9.47 Å². The van der Waals surface area contributed by atoms with Crippen LogP contribution in [-0.2, 0) is 22.4 Å². The minimum absolute atomic E-state index is 0.423. The zero-order chi connectivity index (χ0) is 19.8. The van der Waals surface area contributed by atoms with Crippen molar-refractivity contribution < 1.29 is 24.2 Å². The molecule has 0 bridgehead atoms. The summed E-state index contributed by atoms with van der Waals surface area (Å²) < 4.78 is 11.0. The second-order valence-corrected chi connectivity index (χ2v) is 6.32. The monoisotopic (exact) mass is 370 g/mol. The van der Waals surface area contributed by atoms with E-state index >= 15 is 0 Å². The SMILES string of the molecule is CCCc1ccc(C(=O)OC)c(CCC)c1OC(C(=O)O)c1ccccc1. The molecule has 0 amide bonds. The standard InChI is InChI=1S/C22H26O5/c1-4-9-15-13-14-18(22(25)26-3)17(10-5-2)19(15)27-20(21(23)24)16-11-7-6-8-12-16/h6-8,11-14,20H,4-5,9-10H2,1-3H3,(H,23,24). The van der Waals surface area contributed by atoms with E-state index in [9.17, 15) is 14.7 Å². The lowest BCUT2D eigenvalue weighted by atomic mass is 9.96. The lowest BCUT2D eigenvalue weighted by molar-refractivity contribution is -0.145. The van der Waals surface area contributed by atoms with Crippen molar-refractivity contribution in [3.8, 4) is 5.75 Å². The van der Waals surface area contributed by atoms with Gasteiger partial charge in [-0.15, -0.1) is 0 Å². The van der Waals surface area contributed by atoms with Crippen LogP contribution >= 0.6 is 0 Å². The molecule has 0 saturated carbocycles. The van der Waals surface area contributed by atoms with Crippen LogP contribution in [0, 0.1) is 0 Å². The number of carbonyl (C=O) groups excluding carboxylic acids is 1. The molecule has 0 aliphatic heterocycles. The number of carbonyl (C=O) groups is 2. The van der Waals surface area contributed by atoms with Crippen LogP contribution in [0.4, 0.5) is 0 Å². The van der Waals surface area contributed by atoms with Gasteiger partial charge in [0.05, 0.1) is 12.7 Å². The summed E-state index contributed by atoms with van der Waals surface area (Å²) in [6, 6.07) is 12.4. The molecular formula is C22H26O5. The normalized spacial score (nSPS) is 11.7. The maximum atomic E-state index is 12.2. The molecule has 0 aliphatic rings. The maximum Gasteiger partial charge on any atom is 0.349 e. The Bertz CT molecular complexity index is 783. The summed E-state index contributed by atoms with van der Waals surface area (Å²) in [6.45, 7) is 4.05. The second kappa shape index (κ2) is 9.76. The Morgan fingerprint density at radius 2 is 1.67 bits per heavy atom. The lowest BCUT2D eigenvalue weighted by Crippen LogP contribution is -2.20. The fraction of sp³-hybridized carbons (Fsp3) is 0.364. The number of benzene rings is 2. The van der Waals surface area contributed by atoms with Crippen LogP contribution in [0.2, 0.25) is 0 Å². The highest BCUT2D eigenvalue weighted by atomic mass is 16.5. The Morgan fingerprint density at radius 3 is 2.22 bits per heavy atom. The highest BCUT2D eigenvalue weighted by Crippen LogP contribution is 2.34. The van der Waals surface area contributed by atoms with Crippen LogP contribution in [0.1, 0.15) is 59.8 Å². The first-order chi connectivity index (χ1) is 13.0. The number of ether oxygens (including phenoxy) is 2. The lowest BCUT2D eigenvalue weighted by Gasteiger charge is -2.22. The Hall–Kier alpha value is -2.82. The number of aryl methyl sites for hydroxylation is 1. The second-order valence-electron chi connectivity index (χ2n) is 6.32. The molecule has 0 aliphatic carbocycles. The highest BCUT2D eigenvalue weighted by molar-refractivity contribution is 5.92. The Morgan fingerprint density at radius 1 is 1.00 bits per heavy atom. The number of hydrogen-bond donors (Lipinski definition) is 1. The number of carboxylic acids is 1. The number of methoxy groups -OCH3 is 1. The molecule has 0 radical (unpaired) electrons. The number of rotatable bonds is 9. The van der Waals surface area contributed by atoms with Gasteiger partial charge in [-0.05, 0) is 24.5 Å². The summed E-state index contributed by atoms with van der Waals surface area (Å²) in [7, 11) is 1.34. The van der Waals surface area contributed by atoms with E-state index in [2.05, 4.69) is 0 Å². The van der Waals surface area contributed by atoms with Crippen LogP contribution in [0.15, 0.2) is 42.5 Å². The van der Waals surface area contributed by atoms with Gasteiger partial charge in [-0.25, -0.2) is 9.59 Å². The molecule has 1 atom stereocenters. The van der Waals surface area contributed by atoms with E-state index in [1.807, 2.05) is 26.0 Å². The first kappa shape index (κ1) is 20.5. The Kier molecular flexibility index (Phi) is 7.41. The van der Waals surface area contributed by atoms with Gasteiger partial charge in [0.1, 0.15) is 5.75 Å². The zero-order valence-corrected chi connectivity index (χ0v) is 16.0. The first-order valence-corrected chi connectivity index (χ1v) is 9.20. The van der Waals surface area contributed by atoms with Gasteiger partial charge in [0.25, 0.3) is 0 Å². The zero-order valence-electron chi connectivity index (χ0n) is 16.0. The molecule has 0 fully saturated rings. The summed E-state index contributed by atoms with van der Waals surface area (Å²) in [6.07, 6.45) is 1.85. The summed E-state index contributed by atoms with van der Waals surface area (Å²) in [5.74, 6) is -1.04. The van der Waals surface area contributed by atoms with Crippen molar-refractivity contribution >= 4 is 11.9 Å². The number of esters is 1. The summed E-state index contributed by atoms with van der Waals surface area (Å²) >= 11 is 0. The van der Waals surface area contributed by atoms with Gasteiger partial charge in [0.2, 0.25) is 6.10 Å². The number of aliphatic carboxylic acids is 1. The molecule has 144 valence electrons. The quantitative estimate of drug-likeness (QED) is 0.654. The smallest absolute Gasteiger partial charge is 0.349 e. The summed E-state index contributed by atoms with van der Waals surface area (Å²) in [4.78, 5) is 24.1. The van der Waals surface area contributed by atoms with Gasteiger partial charge in [-0.3, -0.25) is 0 Å². The molecule has 0 aromatic heterocycles. The average molecular weight is 370 g/mol. The van der Waals surface area contributed by atoms with E-state index in [-0.39, 0.29) is 0 Å². The van der Waals surface area contributed by atoms with E-state index in [0.29, 0.717) is 28.9 Å². The highest BCUT2D eigenvalue weighted by Gasteiger charge is 2.26. The molecule has 2 aromatic carbocycles. The van der Waals surface area contributed by atoms with Gasteiger partial charge >= 0.3 is 11.9 Å². The van der Waals surface area contributed by atoms with Gasteiger partial charge in [0, 0.05) is 11.1 Å². The van der Waals surface area contributed by atoms with Crippen molar-refractivity contribution in [1.29, 1.82) is 0 Å². The minimum Gasteiger partial charge on any atom is -0.478 e. The molecule has 2 aromatic rings. The van der Waals surface area contributed by atoms with Crippen LogP contribution < -0.4 is 4.74 Å². The van der Waals surface area contributed by atoms with Crippen molar-refractivity contribution in [2.45, 2.75) is 45.6 Å². The average Bonchev–Trinajstić information content (AvgIpc) is 2.67. The van der Waals surface area contributed by atoms with Crippen LogP contribution in [-0.4, -0.2) is 24.2 Å². The van der Waals surface area contributed by atoms with Crippen molar-refractivity contribution in [2.75, 3.05) is 7.11 Å². The molecule has 5 nitrogen and oxygen atoms in total. The molecule has 1 unspecified atom stereocenters. The van der Waals surface area contributed by atoms with Crippen LogP contribution in [0.5, 0.6) is 5.75 Å². The van der Waals surface area contributed by atoms with E-state index in [1.165, 1.54) is 7.11 Å². The molecule has 1 N–H and O–H groups in total. The first-order valence-electron chi connectivity index (χ1n) is 9.20. The van der Waals surface area contributed by atoms with E-state index < -0.39 is 18.0 Å². The number of carboxylic acid groups (broad SMARTS) is 1. The minimum atomic E-state index is -1.15. The molecule has 0 saturated heterocycles. The van der Waals surface area contributed by atoms with Crippen LogP contribution in [0.25, 0.3) is 0 Å². The fourth-order valence-corrected chi connectivity index (χ4v) is 3.10. The van der Waals surface area contributed by atoms with Crippen molar-refractivity contribution in [2.24, 2.45) is 0 Å². The molecule has 5 heteroatoms. The van der Waals surface area contributed by atoms with E-state index in [0.717, 1.165) is 24.8 Å². The van der Waals surface area contributed by atoms with E-state index in [1.54, 1.807) is 30.3 Å². The third-order valence-electron chi connectivity index (χ3n) is 4.33. The van der Waals surface area contributed by atoms with Crippen molar-refractivity contribution in [3.05, 3.63) is 64.7 Å². The Balaban J connectivity index is 2.59. The topological polar surface area (TPSA) is 72.8 Å². The third kappa shape index (κ3) is 4.88. The molecule has 0 heterocycles. The van der Waals surface area contributed by atoms with Gasteiger partial charge in [-0.2, -0.15) is 0 Å². The third-order valence-corrected chi connectivity index (χ3v) is 4.33. The summed E-state index contributed by atoms with van der Waals surface area (Å²) in [5, 5.41) is 9.74. The predicted octanol–water partition coefficient (Wildman–Crippen LogP) is 4.58. The van der Waals surface area contributed by atoms with Gasteiger partial charge in [0.15, 0.2) is 0 Å². The van der Waals surface area contributed by atoms with Crippen molar-refractivity contribution in [1.82, 2.24) is 0 Å². The number of hydrogen-bond acceptors (Lipinski definition) is 4. The molecule has 0 spiro atoms. The van der Waals surface area contributed by atoms with Gasteiger partial charge < -0.3 is 14.6 Å². The summed E-state index contributed by atoms with van der Waals surface area (Å²) in [5.41, 5.74) is 2.58. The maximum absolute atomic E-state index is 12.2. The van der Waals surface area contributed by atoms with Crippen molar-refractivity contribution in [3.63, 3.8) is 0 Å². The fourth-order valence-electron chi connectivity index (χ4n) is 3.10. The molecule has 2 rings (SSSR count). The molecule has 27 heavy (non-hydrogen) atoms. The van der Waals surface area contributed by atoms with Gasteiger partial charge in [-0.1, -0.05) is 63.1 Å². The Labute approximate surface area is 159 Å². The molecular weight excluding hydrogens is 344 g/mol. The predicted molar refractivity (Wildman–Crippen MR) is 103 cm³/mol. The largest absolute Gasteiger partial charge is 0.478 e.